The quantitative estimate of drug-likeness (QED) is 0.686. The lowest BCUT2D eigenvalue weighted by molar-refractivity contribution is -0.137. The number of thiazole rings is 1. The average molecular weight is 299 g/mol. The van der Waals surface area contributed by atoms with Gasteiger partial charge in [0.25, 0.3) is 0 Å². The molecule has 20 heavy (non-hydrogen) atoms. The largest absolute Gasteiger partial charge is 0.481 e. The summed E-state index contributed by atoms with van der Waals surface area (Å²) in [5.74, 6) is -0.785. The molecule has 0 spiro atoms. The first-order chi connectivity index (χ1) is 9.39. The second-order valence-electron chi connectivity index (χ2n) is 5.34. The normalized spacial score (nSPS) is 11.1. The summed E-state index contributed by atoms with van der Waals surface area (Å²) >= 11 is 1.49. The molecule has 0 aromatic carbocycles. The minimum atomic E-state index is -0.785. The van der Waals surface area contributed by atoms with E-state index in [9.17, 15) is 9.59 Å². The summed E-state index contributed by atoms with van der Waals surface area (Å²) in [7, 11) is 0. The first-order valence-electron chi connectivity index (χ1n) is 6.51. The standard InChI is InChI=1S/C13H21N3O3S/c1-13(2,4-3-11(17)18)5-6-15-12(19)16-9-10-14-7-8-20-10/h7-8H,3-6,9H2,1-2H3,(H,17,18)(H2,15,16,19). The number of carbonyl (C=O) groups excluding carboxylic acids is 1. The summed E-state index contributed by atoms with van der Waals surface area (Å²) in [4.78, 5) is 26.2. The number of carboxylic acid groups (broad SMARTS) is 1. The van der Waals surface area contributed by atoms with E-state index in [1.807, 2.05) is 19.2 Å². The van der Waals surface area contributed by atoms with Gasteiger partial charge in [-0.3, -0.25) is 4.79 Å². The maximum absolute atomic E-state index is 11.6. The Hall–Kier alpha value is -1.63. The van der Waals surface area contributed by atoms with Crippen LogP contribution in [0.5, 0.6) is 0 Å². The molecule has 0 aliphatic carbocycles. The molecule has 112 valence electrons. The van der Waals surface area contributed by atoms with Gasteiger partial charge in [-0.1, -0.05) is 13.8 Å². The number of amides is 2. The predicted molar refractivity (Wildman–Crippen MR) is 77.6 cm³/mol. The highest BCUT2D eigenvalue weighted by atomic mass is 32.1. The molecule has 0 bridgehead atoms. The predicted octanol–water partition coefficient (Wildman–Crippen LogP) is 2.22. The number of nitrogens with one attached hydrogen (secondary N) is 2. The number of aromatic nitrogens is 1. The Kier molecular flexibility index (Phi) is 6.44. The van der Waals surface area contributed by atoms with E-state index in [2.05, 4.69) is 15.6 Å². The van der Waals surface area contributed by atoms with E-state index in [1.54, 1.807) is 6.20 Å². The molecule has 0 saturated carbocycles. The number of rotatable bonds is 8. The van der Waals surface area contributed by atoms with Gasteiger partial charge in [-0.25, -0.2) is 9.78 Å². The van der Waals surface area contributed by atoms with E-state index < -0.39 is 5.97 Å². The number of carbonyl (C=O) groups is 2. The Morgan fingerprint density at radius 2 is 2.10 bits per heavy atom. The minimum Gasteiger partial charge on any atom is -0.481 e. The van der Waals surface area contributed by atoms with Gasteiger partial charge >= 0.3 is 12.0 Å². The smallest absolute Gasteiger partial charge is 0.315 e. The van der Waals surface area contributed by atoms with Crippen LogP contribution in [0.2, 0.25) is 0 Å². The monoisotopic (exact) mass is 299 g/mol. The first-order valence-corrected chi connectivity index (χ1v) is 7.39. The molecule has 7 heteroatoms. The van der Waals surface area contributed by atoms with Gasteiger partial charge in [0.1, 0.15) is 5.01 Å². The molecule has 1 rings (SSSR count). The van der Waals surface area contributed by atoms with Crippen LogP contribution in [0.3, 0.4) is 0 Å². The van der Waals surface area contributed by atoms with Gasteiger partial charge in [0.15, 0.2) is 0 Å². The molecule has 6 nitrogen and oxygen atoms in total. The maximum Gasteiger partial charge on any atom is 0.315 e. The highest BCUT2D eigenvalue weighted by Crippen LogP contribution is 2.25. The number of urea groups is 1. The lowest BCUT2D eigenvalue weighted by atomic mass is 9.84. The van der Waals surface area contributed by atoms with Crippen molar-refractivity contribution in [3.8, 4) is 0 Å². The number of nitrogens with zero attached hydrogens (tertiary/aromatic N) is 1. The van der Waals surface area contributed by atoms with Crippen LogP contribution in [0.25, 0.3) is 0 Å². The topological polar surface area (TPSA) is 91.3 Å². The van der Waals surface area contributed by atoms with Crippen molar-refractivity contribution < 1.29 is 14.7 Å². The second-order valence-corrected chi connectivity index (χ2v) is 6.32. The third-order valence-corrected chi connectivity index (χ3v) is 3.77. The fourth-order valence-corrected chi connectivity index (χ4v) is 2.20. The zero-order valence-electron chi connectivity index (χ0n) is 11.8. The van der Waals surface area contributed by atoms with Crippen LogP contribution in [-0.4, -0.2) is 28.6 Å². The van der Waals surface area contributed by atoms with E-state index in [0.717, 1.165) is 11.4 Å². The average Bonchev–Trinajstić information content (AvgIpc) is 2.87. The zero-order chi connectivity index (χ0) is 15.0. The molecule has 3 N–H and O–H groups in total. The molecule has 0 aliphatic rings. The van der Waals surface area contributed by atoms with Gasteiger partial charge in [0.2, 0.25) is 0 Å². The van der Waals surface area contributed by atoms with Gasteiger partial charge in [-0.05, 0) is 18.3 Å². The van der Waals surface area contributed by atoms with Gasteiger partial charge in [-0.15, -0.1) is 11.3 Å². The fraction of sp³-hybridized carbons (Fsp3) is 0.615. The fourth-order valence-electron chi connectivity index (χ4n) is 1.64. The Morgan fingerprint density at radius 1 is 1.35 bits per heavy atom. The summed E-state index contributed by atoms with van der Waals surface area (Å²) in [6.45, 7) is 4.96. The van der Waals surface area contributed by atoms with Crippen LogP contribution in [0.1, 0.15) is 38.1 Å². The van der Waals surface area contributed by atoms with Crippen LogP contribution in [0, 0.1) is 5.41 Å². The SMILES string of the molecule is CC(C)(CCNC(=O)NCc1nccs1)CCC(=O)O. The van der Waals surface area contributed by atoms with Crippen molar-refractivity contribution in [1.29, 1.82) is 0 Å². The Labute approximate surface area is 122 Å². The first kappa shape index (κ1) is 16.4. The molecule has 0 aliphatic heterocycles. The van der Waals surface area contributed by atoms with E-state index >= 15 is 0 Å². The molecule has 1 aromatic heterocycles. The Balaban J connectivity index is 2.15. The molecule has 0 atom stereocenters. The molecule has 1 aromatic rings. The Morgan fingerprint density at radius 3 is 2.70 bits per heavy atom. The molecule has 0 unspecified atom stereocenters. The highest BCUT2D eigenvalue weighted by Gasteiger charge is 2.19. The number of hydrogen-bond acceptors (Lipinski definition) is 4. The third-order valence-electron chi connectivity index (χ3n) is 2.99. The van der Waals surface area contributed by atoms with E-state index in [1.165, 1.54) is 11.3 Å². The number of hydrogen-bond donors (Lipinski definition) is 3. The molecular weight excluding hydrogens is 278 g/mol. The second kappa shape index (κ2) is 7.84. The van der Waals surface area contributed by atoms with E-state index in [4.69, 9.17) is 5.11 Å². The maximum atomic E-state index is 11.6. The van der Waals surface area contributed by atoms with Gasteiger partial charge < -0.3 is 15.7 Å². The molecule has 1 heterocycles. The van der Waals surface area contributed by atoms with Crippen LogP contribution < -0.4 is 10.6 Å². The minimum absolute atomic E-state index is 0.0963. The van der Waals surface area contributed by atoms with Crippen LogP contribution in [-0.2, 0) is 11.3 Å². The lowest BCUT2D eigenvalue weighted by Crippen LogP contribution is -2.36. The third kappa shape index (κ3) is 7.08. The van der Waals surface area contributed by atoms with Gasteiger partial charge in [0, 0.05) is 24.5 Å². The van der Waals surface area contributed by atoms with Crippen molar-refractivity contribution in [1.82, 2.24) is 15.6 Å². The highest BCUT2D eigenvalue weighted by molar-refractivity contribution is 7.09. The van der Waals surface area contributed by atoms with Crippen molar-refractivity contribution >= 4 is 23.3 Å². The molecule has 2 amide bonds. The van der Waals surface area contributed by atoms with E-state index in [-0.39, 0.29) is 17.9 Å². The molecule has 0 fully saturated rings. The number of aliphatic carboxylic acids is 1. The number of carboxylic acids is 1. The summed E-state index contributed by atoms with van der Waals surface area (Å²) < 4.78 is 0. The Bertz CT molecular complexity index is 432. The van der Waals surface area contributed by atoms with Crippen molar-refractivity contribution in [2.24, 2.45) is 5.41 Å². The molecular formula is C13H21N3O3S. The van der Waals surface area contributed by atoms with Crippen molar-refractivity contribution in [3.63, 3.8) is 0 Å². The van der Waals surface area contributed by atoms with Crippen molar-refractivity contribution in [3.05, 3.63) is 16.6 Å². The summed E-state index contributed by atoms with van der Waals surface area (Å²) in [5, 5.41) is 16.9. The van der Waals surface area contributed by atoms with Gasteiger partial charge in [-0.2, -0.15) is 0 Å². The van der Waals surface area contributed by atoms with Crippen LogP contribution in [0.15, 0.2) is 11.6 Å². The summed E-state index contributed by atoms with van der Waals surface area (Å²) in [6.07, 6.45) is 3.20. The molecule has 0 saturated heterocycles. The zero-order valence-corrected chi connectivity index (χ0v) is 12.6. The van der Waals surface area contributed by atoms with Crippen LogP contribution >= 0.6 is 11.3 Å². The van der Waals surface area contributed by atoms with Gasteiger partial charge in [0.05, 0.1) is 6.54 Å². The summed E-state index contributed by atoms with van der Waals surface area (Å²) in [5.41, 5.74) is -0.0963. The molecule has 0 radical (unpaired) electrons. The van der Waals surface area contributed by atoms with Crippen LogP contribution in [0.4, 0.5) is 4.79 Å². The van der Waals surface area contributed by atoms with E-state index in [0.29, 0.717) is 19.5 Å². The van der Waals surface area contributed by atoms with Crippen molar-refractivity contribution in [2.75, 3.05) is 6.54 Å². The lowest BCUT2D eigenvalue weighted by Gasteiger charge is -2.23. The summed E-state index contributed by atoms with van der Waals surface area (Å²) in [6, 6.07) is -0.228. The van der Waals surface area contributed by atoms with Crippen molar-refractivity contribution in [2.45, 2.75) is 39.7 Å².